The lowest BCUT2D eigenvalue weighted by atomic mass is 9.94. The smallest absolute Gasteiger partial charge is 0.0177 e. The summed E-state index contributed by atoms with van der Waals surface area (Å²) in [6.07, 6.45) is 2.19. The van der Waals surface area contributed by atoms with Crippen molar-refractivity contribution in [3.8, 4) is 0 Å². The minimum absolute atomic E-state index is 0.614. The molecule has 0 saturated carbocycles. The Bertz CT molecular complexity index is 490. The van der Waals surface area contributed by atoms with E-state index in [2.05, 4.69) is 96.3 Å². The lowest BCUT2D eigenvalue weighted by molar-refractivity contribution is 0.591. The molecule has 0 aliphatic rings. The SMILES string of the molecule is BrCC(Cc1cccc(Br)c1)Cc1cccc(Br)c1. The van der Waals surface area contributed by atoms with Crippen molar-refractivity contribution < 1.29 is 0 Å². The fourth-order valence-corrected chi connectivity index (χ4v) is 3.53. The molecule has 0 aliphatic carbocycles. The van der Waals surface area contributed by atoms with E-state index in [1.165, 1.54) is 11.1 Å². The van der Waals surface area contributed by atoms with Crippen LogP contribution < -0.4 is 0 Å². The Hall–Kier alpha value is -0.120. The van der Waals surface area contributed by atoms with Crippen LogP contribution in [0.1, 0.15) is 11.1 Å². The largest absolute Gasteiger partial charge is 0.0925 e. The maximum absolute atomic E-state index is 3.64. The van der Waals surface area contributed by atoms with E-state index in [4.69, 9.17) is 0 Å². The molecular weight excluding hydrogens is 432 g/mol. The molecule has 3 heteroatoms. The van der Waals surface area contributed by atoms with Crippen LogP contribution in [0.25, 0.3) is 0 Å². The van der Waals surface area contributed by atoms with Gasteiger partial charge >= 0.3 is 0 Å². The zero-order chi connectivity index (χ0) is 13.7. The monoisotopic (exact) mass is 444 g/mol. The molecule has 0 radical (unpaired) electrons. The van der Waals surface area contributed by atoms with Crippen molar-refractivity contribution in [1.82, 2.24) is 0 Å². The van der Waals surface area contributed by atoms with E-state index in [1.54, 1.807) is 0 Å². The quantitative estimate of drug-likeness (QED) is 0.493. The van der Waals surface area contributed by atoms with Gasteiger partial charge < -0.3 is 0 Å². The summed E-state index contributed by atoms with van der Waals surface area (Å²) < 4.78 is 2.31. The van der Waals surface area contributed by atoms with Crippen LogP contribution in [-0.4, -0.2) is 5.33 Å². The zero-order valence-corrected chi connectivity index (χ0v) is 15.2. The molecule has 0 N–H and O–H groups in total. The average Bonchev–Trinajstić information content (AvgIpc) is 2.38. The van der Waals surface area contributed by atoms with Gasteiger partial charge in [0.05, 0.1) is 0 Å². The van der Waals surface area contributed by atoms with E-state index in [0.717, 1.165) is 27.1 Å². The van der Waals surface area contributed by atoms with Gasteiger partial charge in [-0.2, -0.15) is 0 Å². The van der Waals surface area contributed by atoms with Gasteiger partial charge in [-0.3, -0.25) is 0 Å². The van der Waals surface area contributed by atoms with E-state index in [0.29, 0.717) is 5.92 Å². The highest BCUT2D eigenvalue weighted by Gasteiger charge is 2.10. The first-order valence-electron chi connectivity index (χ1n) is 6.22. The molecule has 0 unspecified atom stereocenters. The van der Waals surface area contributed by atoms with Crippen LogP contribution in [-0.2, 0) is 12.8 Å². The number of alkyl halides is 1. The first kappa shape index (κ1) is 15.3. The third-order valence-electron chi connectivity index (χ3n) is 3.05. The molecule has 0 bridgehead atoms. The first-order chi connectivity index (χ1) is 9.17. The lowest BCUT2D eigenvalue weighted by Crippen LogP contribution is -2.10. The Morgan fingerprint density at radius 2 is 1.26 bits per heavy atom. The van der Waals surface area contributed by atoms with Gasteiger partial charge in [0.1, 0.15) is 0 Å². The van der Waals surface area contributed by atoms with Crippen molar-refractivity contribution in [1.29, 1.82) is 0 Å². The Morgan fingerprint density at radius 1 is 0.789 bits per heavy atom. The van der Waals surface area contributed by atoms with Crippen LogP contribution in [0.5, 0.6) is 0 Å². The third kappa shape index (κ3) is 5.05. The molecule has 2 aromatic carbocycles. The summed E-state index contributed by atoms with van der Waals surface area (Å²) in [6, 6.07) is 17.1. The normalized spacial score (nSPS) is 10.9. The molecule has 0 fully saturated rings. The van der Waals surface area contributed by atoms with Gasteiger partial charge in [-0.05, 0) is 54.2 Å². The maximum Gasteiger partial charge on any atom is 0.0177 e. The Kier molecular flexibility index (Phi) is 6.11. The molecule has 2 rings (SSSR count). The summed E-state index contributed by atoms with van der Waals surface area (Å²) >= 11 is 10.7. The van der Waals surface area contributed by atoms with Crippen LogP contribution in [0.4, 0.5) is 0 Å². The Morgan fingerprint density at radius 3 is 1.63 bits per heavy atom. The summed E-state index contributed by atoms with van der Waals surface area (Å²) in [7, 11) is 0. The molecule has 0 saturated heterocycles. The van der Waals surface area contributed by atoms with Crippen molar-refractivity contribution in [2.24, 2.45) is 5.92 Å². The number of halogens is 3. The molecular formula is C16H15Br3. The fourth-order valence-electron chi connectivity index (χ4n) is 2.18. The fraction of sp³-hybridized carbons (Fsp3) is 0.250. The molecule has 0 spiro atoms. The summed E-state index contributed by atoms with van der Waals surface area (Å²) in [5.74, 6) is 0.614. The van der Waals surface area contributed by atoms with Crippen molar-refractivity contribution in [3.05, 3.63) is 68.6 Å². The minimum atomic E-state index is 0.614. The average molecular weight is 447 g/mol. The van der Waals surface area contributed by atoms with Crippen molar-refractivity contribution in [3.63, 3.8) is 0 Å². The van der Waals surface area contributed by atoms with Crippen molar-refractivity contribution in [2.75, 3.05) is 5.33 Å². The molecule has 0 nitrogen and oxygen atoms in total. The summed E-state index contributed by atoms with van der Waals surface area (Å²) in [5.41, 5.74) is 2.77. The predicted octanol–water partition coefficient (Wildman–Crippen LogP) is 6.01. The summed E-state index contributed by atoms with van der Waals surface area (Å²) in [4.78, 5) is 0. The standard InChI is InChI=1S/C16H15Br3/c17-11-14(7-12-3-1-5-15(18)9-12)8-13-4-2-6-16(19)10-13/h1-6,9-10,14H,7-8,11H2. The molecule has 2 aromatic rings. The van der Waals surface area contributed by atoms with Crippen LogP contribution in [0.2, 0.25) is 0 Å². The highest BCUT2D eigenvalue weighted by atomic mass is 79.9. The Labute approximate surface area is 140 Å². The third-order valence-corrected chi connectivity index (χ3v) is 4.95. The van der Waals surface area contributed by atoms with Crippen LogP contribution in [0.15, 0.2) is 57.5 Å². The molecule has 0 atom stereocenters. The van der Waals surface area contributed by atoms with Crippen LogP contribution in [0.3, 0.4) is 0 Å². The van der Waals surface area contributed by atoms with Crippen LogP contribution in [0, 0.1) is 5.92 Å². The predicted molar refractivity (Wildman–Crippen MR) is 93.0 cm³/mol. The van der Waals surface area contributed by atoms with Crippen molar-refractivity contribution in [2.45, 2.75) is 12.8 Å². The van der Waals surface area contributed by atoms with Crippen molar-refractivity contribution >= 4 is 47.8 Å². The minimum Gasteiger partial charge on any atom is -0.0925 e. The van der Waals surface area contributed by atoms with Gasteiger partial charge in [0.15, 0.2) is 0 Å². The molecule has 19 heavy (non-hydrogen) atoms. The molecule has 0 aliphatic heterocycles. The molecule has 100 valence electrons. The van der Waals surface area contributed by atoms with Gasteiger partial charge in [0.2, 0.25) is 0 Å². The van der Waals surface area contributed by atoms with Gasteiger partial charge in [-0.25, -0.2) is 0 Å². The second kappa shape index (κ2) is 7.61. The molecule has 0 amide bonds. The molecule has 0 aromatic heterocycles. The first-order valence-corrected chi connectivity index (χ1v) is 8.93. The summed E-state index contributed by atoms with van der Waals surface area (Å²) in [5, 5.41) is 1.02. The van der Waals surface area contributed by atoms with E-state index in [-0.39, 0.29) is 0 Å². The number of benzene rings is 2. The Balaban J connectivity index is 2.04. The second-order valence-electron chi connectivity index (χ2n) is 4.69. The highest BCUT2D eigenvalue weighted by molar-refractivity contribution is 9.10. The number of hydrogen-bond donors (Lipinski definition) is 0. The zero-order valence-electron chi connectivity index (χ0n) is 10.5. The van der Waals surface area contributed by atoms with Gasteiger partial charge in [-0.1, -0.05) is 72.1 Å². The summed E-state index contributed by atoms with van der Waals surface area (Å²) in [6.45, 7) is 0. The van der Waals surface area contributed by atoms with Gasteiger partial charge in [0, 0.05) is 14.3 Å². The number of rotatable bonds is 5. The maximum atomic E-state index is 3.64. The van der Waals surface area contributed by atoms with E-state index in [9.17, 15) is 0 Å². The van der Waals surface area contributed by atoms with E-state index >= 15 is 0 Å². The second-order valence-corrected chi connectivity index (χ2v) is 7.17. The molecule has 0 heterocycles. The number of hydrogen-bond acceptors (Lipinski definition) is 0. The van der Waals surface area contributed by atoms with Crippen LogP contribution >= 0.6 is 47.8 Å². The van der Waals surface area contributed by atoms with Gasteiger partial charge in [-0.15, -0.1) is 0 Å². The van der Waals surface area contributed by atoms with Gasteiger partial charge in [0.25, 0.3) is 0 Å². The topological polar surface area (TPSA) is 0 Å². The van der Waals surface area contributed by atoms with E-state index in [1.807, 2.05) is 0 Å². The lowest BCUT2D eigenvalue weighted by Gasteiger charge is -2.14. The highest BCUT2D eigenvalue weighted by Crippen LogP contribution is 2.21. The van der Waals surface area contributed by atoms with E-state index < -0.39 is 0 Å².